The summed E-state index contributed by atoms with van der Waals surface area (Å²) in [6.07, 6.45) is 1.98. The topological polar surface area (TPSA) is 75.9 Å². The highest BCUT2D eigenvalue weighted by atomic mass is 19.1. The zero-order valence-electron chi connectivity index (χ0n) is 11.1. The van der Waals surface area contributed by atoms with Crippen LogP contribution in [0.4, 0.5) is 4.39 Å². The quantitative estimate of drug-likeness (QED) is 0.833. The van der Waals surface area contributed by atoms with E-state index >= 15 is 0 Å². The van der Waals surface area contributed by atoms with Crippen molar-refractivity contribution < 1.29 is 9.18 Å². The number of aromatic nitrogens is 1. The third-order valence-electron chi connectivity index (χ3n) is 4.11. The van der Waals surface area contributed by atoms with Gasteiger partial charge in [0, 0.05) is 16.8 Å². The van der Waals surface area contributed by atoms with Crippen molar-refractivity contribution in [3.05, 3.63) is 45.0 Å². The summed E-state index contributed by atoms with van der Waals surface area (Å²) in [6, 6.07) is 2.86. The molecule has 1 aromatic heterocycles. The van der Waals surface area contributed by atoms with Crippen molar-refractivity contribution >= 4 is 16.8 Å². The van der Waals surface area contributed by atoms with Gasteiger partial charge in [-0.15, -0.1) is 0 Å². The number of rotatable bonds is 1. The first-order chi connectivity index (χ1) is 9.50. The van der Waals surface area contributed by atoms with Crippen LogP contribution in [0.1, 0.15) is 35.6 Å². The average Bonchev–Trinajstić information content (AvgIpc) is 2.42. The minimum atomic E-state index is -0.457. The number of nitrogens with two attached hydrogens (primary N) is 1. The van der Waals surface area contributed by atoms with Crippen LogP contribution >= 0.6 is 0 Å². The minimum Gasteiger partial charge on any atom is -0.369 e. The lowest BCUT2D eigenvalue weighted by Gasteiger charge is -2.23. The number of hydrogen-bond acceptors (Lipinski definition) is 2. The molecular weight excluding hydrogens is 259 g/mol. The lowest BCUT2D eigenvalue weighted by Crippen LogP contribution is -2.29. The molecule has 1 amide bonds. The van der Waals surface area contributed by atoms with Crippen molar-refractivity contribution in [3.63, 3.8) is 0 Å². The predicted octanol–water partition coefficient (Wildman–Crippen LogP) is 1.88. The molecule has 1 aliphatic carbocycles. The number of amides is 1. The van der Waals surface area contributed by atoms with Gasteiger partial charge in [-0.05, 0) is 43.9 Å². The Morgan fingerprint density at radius 3 is 2.90 bits per heavy atom. The molecule has 5 heteroatoms. The zero-order valence-corrected chi connectivity index (χ0v) is 11.1. The number of carbonyl (C=O) groups excluding carboxylic acids is 1. The predicted molar refractivity (Wildman–Crippen MR) is 74.1 cm³/mol. The van der Waals surface area contributed by atoms with Gasteiger partial charge in [0.25, 0.3) is 0 Å². The second-order valence-corrected chi connectivity index (χ2v) is 5.29. The van der Waals surface area contributed by atoms with Gasteiger partial charge in [-0.3, -0.25) is 9.59 Å². The summed E-state index contributed by atoms with van der Waals surface area (Å²) < 4.78 is 13.6. The summed E-state index contributed by atoms with van der Waals surface area (Å²) in [5.41, 5.74) is 7.30. The Labute approximate surface area is 114 Å². The van der Waals surface area contributed by atoms with Crippen LogP contribution in [-0.2, 0) is 11.2 Å². The van der Waals surface area contributed by atoms with E-state index in [4.69, 9.17) is 5.73 Å². The van der Waals surface area contributed by atoms with E-state index in [1.165, 1.54) is 12.1 Å². The lowest BCUT2D eigenvalue weighted by molar-refractivity contribution is -0.119. The maximum absolute atomic E-state index is 13.6. The third kappa shape index (κ3) is 1.73. The van der Waals surface area contributed by atoms with Gasteiger partial charge in [-0.1, -0.05) is 0 Å². The van der Waals surface area contributed by atoms with E-state index in [0.717, 1.165) is 6.42 Å². The summed E-state index contributed by atoms with van der Waals surface area (Å²) in [5, 5.41) is 0.369. The Hall–Kier alpha value is -2.17. The van der Waals surface area contributed by atoms with E-state index in [2.05, 4.69) is 4.98 Å². The number of aromatic amines is 1. The molecule has 0 saturated carbocycles. The summed E-state index contributed by atoms with van der Waals surface area (Å²) in [5.74, 6) is -1.29. The first kappa shape index (κ1) is 12.8. The van der Waals surface area contributed by atoms with Gasteiger partial charge in [-0.2, -0.15) is 0 Å². The molecule has 1 aliphatic rings. The number of fused-ring (bicyclic) bond motifs is 2. The molecule has 0 saturated heterocycles. The summed E-state index contributed by atoms with van der Waals surface area (Å²) in [4.78, 5) is 27.2. The van der Waals surface area contributed by atoms with Gasteiger partial charge in [0.1, 0.15) is 5.82 Å². The highest BCUT2D eigenvalue weighted by molar-refractivity contribution is 5.86. The van der Waals surface area contributed by atoms with Crippen molar-refractivity contribution in [3.8, 4) is 0 Å². The van der Waals surface area contributed by atoms with Gasteiger partial charge in [-0.25, -0.2) is 4.39 Å². The van der Waals surface area contributed by atoms with Gasteiger partial charge < -0.3 is 10.7 Å². The molecular formula is C15H15FN2O2. The first-order valence-corrected chi connectivity index (χ1v) is 6.64. The van der Waals surface area contributed by atoms with E-state index in [1.807, 2.05) is 0 Å². The molecule has 0 aliphatic heterocycles. The third-order valence-corrected chi connectivity index (χ3v) is 4.11. The SMILES string of the molecule is Cc1c(F)ccc2[nH]c3c(c(=O)c12)CCCC3C(N)=O. The highest BCUT2D eigenvalue weighted by Crippen LogP contribution is 2.30. The van der Waals surface area contributed by atoms with Crippen molar-refractivity contribution in [1.29, 1.82) is 0 Å². The Morgan fingerprint density at radius 2 is 2.20 bits per heavy atom. The molecule has 4 nitrogen and oxygen atoms in total. The largest absolute Gasteiger partial charge is 0.369 e. The van der Waals surface area contributed by atoms with Crippen LogP contribution < -0.4 is 11.2 Å². The van der Waals surface area contributed by atoms with E-state index in [1.54, 1.807) is 6.92 Å². The number of nitrogens with one attached hydrogen (secondary N) is 1. The summed E-state index contributed by atoms with van der Waals surface area (Å²) >= 11 is 0. The molecule has 2 aromatic rings. The molecule has 0 radical (unpaired) electrons. The molecule has 1 atom stereocenters. The second kappa shape index (κ2) is 4.44. The van der Waals surface area contributed by atoms with Gasteiger partial charge in [0.05, 0.1) is 11.3 Å². The fourth-order valence-corrected chi connectivity index (χ4v) is 3.03. The number of primary amides is 1. The number of pyridine rings is 1. The van der Waals surface area contributed by atoms with Gasteiger partial charge in [0.15, 0.2) is 5.43 Å². The number of benzene rings is 1. The molecule has 0 spiro atoms. The van der Waals surface area contributed by atoms with E-state index in [-0.39, 0.29) is 5.43 Å². The molecule has 3 rings (SSSR count). The standard InChI is InChI=1S/C15H15FN2O2/c1-7-10(16)5-6-11-12(7)14(19)8-3-2-4-9(15(17)20)13(8)18-11/h5-6,9H,2-4H2,1H3,(H2,17,20)(H,18,19). The molecule has 0 bridgehead atoms. The van der Waals surface area contributed by atoms with Crippen molar-refractivity contribution in [2.45, 2.75) is 32.1 Å². The highest BCUT2D eigenvalue weighted by Gasteiger charge is 2.28. The normalized spacial score (nSPS) is 18.0. The second-order valence-electron chi connectivity index (χ2n) is 5.29. The Kier molecular flexibility index (Phi) is 2.85. The molecule has 20 heavy (non-hydrogen) atoms. The van der Waals surface area contributed by atoms with Crippen molar-refractivity contribution in [2.75, 3.05) is 0 Å². The van der Waals surface area contributed by atoms with E-state index in [0.29, 0.717) is 40.6 Å². The van der Waals surface area contributed by atoms with Crippen LogP contribution in [0.15, 0.2) is 16.9 Å². The maximum atomic E-state index is 13.6. The Bertz CT molecular complexity index is 780. The van der Waals surface area contributed by atoms with E-state index in [9.17, 15) is 14.0 Å². The van der Waals surface area contributed by atoms with Crippen LogP contribution in [-0.4, -0.2) is 10.9 Å². The monoisotopic (exact) mass is 274 g/mol. The molecule has 1 heterocycles. The van der Waals surface area contributed by atoms with Crippen LogP contribution in [0.3, 0.4) is 0 Å². The van der Waals surface area contributed by atoms with Crippen molar-refractivity contribution in [1.82, 2.24) is 4.98 Å². The van der Waals surface area contributed by atoms with Crippen LogP contribution in [0, 0.1) is 12.7 Å². The Morgan fingerprint density at radius 1 is 1.45 bits per heavy atom. The summed E-state index contributed by atoms with van der Waals surface area (Å²) in [6.45, 7) is 1.59. The number of H-pyrrole nitrogens is 1. The van der Waals surface area contributed by atoms with Crippen LogP contribution in [0.5, 0.6) is 0 Å². The molecule has 1 aromatic carbocycles. The van der Waals surface area contributed by atoms with Gasteiger partial charge >= 0.3 is 0 Å². The molecule has 1 unspecified atom stereocenters. The zero-order chi connectivity index (χ0) is 14.4. The van der Waals surface area contributed by atoms with Crippen LogP contribution in [0.2, 0.25) is 0 Å². The average molecular weight is 274 g/mol. The fraction of sp³-hybridized carbons (Fsp3) is 0.333. The van der Waals surface area contributed by atoms with Crippen molar-refractivity contribution in [2.24, 2.45) is 5.73 Å². The number of hydrogen-bond donors (Lipinski definition) is 2. The van der Waals surface area contributed by atoms with Gasteiger partial charge in [0.2, 0.25) is 5.91 Å². The number of halogens is 1. The summed E-state index contributed by atoms with van der Waals surface area (Å²) in [7, 11) is 0. The number of carbonyl (C=O) groups is 1. The number of aryl methyl sites for hydroxylation is 1. The first-order valence-electron chi connectivity index (χ1n) is 6.64. The Balaban J connectivity index is 2.39. The molecule has 3 N–H and O–H groups in total. The smallest absolute Gasteiger partial charge is 0.226 e. The molecule has 0 fully saturated rings. The minimum absolute atomic E-state index is 0.184. The molecule has 104 valence electrons. The van der Waals surface area contributed by atoms with E-state index < -0.39 is 17.6 Å². The fourth-order valence-electron chi connectivity index (χ4n) is 3.03. The van der Waals surface area contributed by atoms with Crippen LogP contribution in [0.25, 0.3) is 10.9 Å². The lowest BCUT2D eigenvalue weighted by atomic mass is 9.85. The maximum Gasteiger partial charge on any atom is 0.226 e.